The Morgan fingerprint density at radius 2 is 1.57 bits per heavy atom. The molecule has 1 aromatic heterocycles. The van der Waals surface area contributed by atoms with E-state index in [0.29, 0.717) is 24.2 Å². The molecule has 1 fully saturated rings. The highest BCUT2D eigenvalue weighted by Gasteiger charge is 2.33. The minimum Gasteiger partial charge on any atom is -0.480 e. The number of aliphatic carboxylic acids is 1. The molecule has 0 spiro atoms. The smallest absolute Gasteiger partial charge is 0.322 e. The average molecular weight is 661 g/mol. The number of anilines is 1. The fraction of sp³-hybridized carbons (Fsp3) is 0.353. The maximum atomic E-state index is 12.8. The number of carbonyl (C=O) groups is 3. The molecule has 1 aliphatic heterocycles. The van der Waals surface area contributed by atoms with Crippen molar-refractivity contribution >= 4 is 33.7 Å². The van der Waals surface area contributed by atoms with E-state index in [2.05, 4.69) is 37.1 Å². The maximum Gasteiger partial charge on any atom is 0.322 e. The maximum absolute atomic E-state index is 12.8. The molecular weight excluding hydrogens is 620 g/mol. The zero-order valence-corrected chi connectivity index (χ0v) is 27.7. The number of hydrogen-bond acceptors (Lipinski definition) is 7. The number of nitrogens with zero attached hydrogens (tertiary/aromatic N) is 3. The molecule has 0 radical (unpaired) electrons. The Bertz CT molecular complexity index is 1760. The number of aromatic nitrogens is 1. The summed E-state index contributed by atoms with van der Waals surface area (Å²) in [6, 6.07) is 16.8. The Kier molecular flexibility index (Phi) is 11.7. The van der Waals surface area contributed by atoms with Crippen LogP contribution in [0.5, 0.6) is 0 Å². The van der Waals surface area contributed by atoms with Gasteiger partial charge in [-0.15, -0.1) is 0 Å². The van der Waals surface area contributed by atoms with Gasteiger partial charge < -0.3 is 20.6 Å². The zero-order chi connectivity index (χ0) is 34.1. The zero-order valence-electron chi connectivity index (χ0n) is 26.9. The van der Waals surface area contributed by atoms with Gasteiger partial charge >= 0.3 is 5.97 Å². The highest BCUT2D eigenvalue weighted by Crippen LogP contribution is 2.19. The highest BCUT2D eigenvalue weighted by molar-refractivity contribution is 7.87. The first kappa shape index (κ1) is 35.1. The molecule has 47 heavy (non-hydrogen) atoms. The molecule has 1 aliphatic rings. The molecule has 248 valence electrons. The van der Waals surface area contributed by atoms with Gasteiger partial charge in [-0.25, -0.2) is 0 Å². The van der Waals surface area contributed by atoms with Crippen LogP contribution in [0.2, 0.25) is 0 Å². The SMILES string of the molecule is CC(C)NC(=O)c1cccc(CNC(=O)c2cc(C#Cc3ccc(N4CCN(S(=O)(=O)N[C@@H](C(=O)O)C(C)C)CC4)cc3)ccn2)c1. The van der Waals surface area contributed by atoms with E-state index < -0.39 is 28.1 Å². The monoisotopic (exact) mass is 660 g/mol. The number of piperazine rings is 1. The number of nitrogens with one attached hydrogen (secondary N) is 3. The molecule has 0 aliphatic carbocycles. The van der Waals surface area contributed by atoms with Crippen molar-refractivity contribution in [2.45, 2.75) is 46.3 Å². The number of carbonyl (C=O) groups excluding carboxylic acids is 2. The molecule has 12 nitrogen and oxygen atoms in total. The van der Waals surface area contributed by atoms with Crippen LogP contribution >= 0.6 is 0 Å². The van der Waals surface area contributed by atoms with Crippen LogP contribution in [0.15, 0.2) is 66.9 Å². The second kappa shape index (κ2) is 15.7. The second-order valence-corrected chi connectivity index (χ2v) is 13.5. The lowest BCUT2D eigenvalue weighted by Crippen LogP contribution is -2.55. The summed E-state index contributed by atoms with van der Waals surface area (Å²) >= 11 is 0. The number of rotatable bonds is 11. The number of pyridine rings is 1. The number of carboxylic acids is 1. The Morgan fingerprint density at radius 3 is 2.21 bits per heavy atom. The molecule has 0 unspecified atom stereocenters. The summed E-state index contributed by atoms with van der Waals surface area (Å²) in [5.41, 5.74) is 3.83. The lowest BCUT2D eigenvalue weighted by Gasteiger charge is -2.36. The van der Waals surface area contributed by atoms with Gasteiger partial charge in [0.1, 0.15) is 11.7 Å². The standard InChI is InChI=1S/C34H40N6O6S/c1-23(2)31(34(43)44)38-47(45,46)40-18-16-39(17-19-40)29-12-10-25(11-13-29)8-9-26-14-15-35-30(21-26)33(42)36-22-27-6-5-7-28(20-27)32(41)37-24(3)4/h5-7,10-15,20-21,23-24,31,38H,16-19,22H2,1-4H3,(H,36,42)(H,37,41)(H,43,44)/t31-/m1/s1. The largest absolute Gasteiger partial charge is 0.480 e. The van der Waals surface area contributed by atoms with Crippen LogP contribution in [0.25, 0.3) is 0 Å². The Hall–Kier alpha value is -4.77. The normalized spacial score (nSPS) is 14.3. The van der Waals surface area contributed by atoms with Crippen molar-refractivity contribution < 1.29 is 27.9 Å². The van der Waals surface area contributed by atoms with Crippen molar-refractivity contribution in [3.8, 4) is 11.8 Å². The lowest BCUT2D eigenvalue weighted by molar-refractivity contribution is -0.140. The molecule has 0 bridgehead atoms. The number of hydrogen-bond donors (Lipinski definition) is 4. The third-order valence-electron chi connectivity index (χ3n) is 7.43. The van der Waals surface area contributed by atoms with E-state index in [4.69, 9.17) is 0 Å². The Morgan fingerprint density at radius 1 is 0.894 bits per heavy atom. The van der Waals surface area contributed by atoms with Crippen molar-refractivity contribution in [2.24, 2.45) is 5.92 Å². The Labute approximate surface area is 275 Å². The van der Waals surface area contributed by atoms with Crippen LogP contribution < -0.4 is 20.3 Å². The van der Waals surface area contributed by atoms with Crippen molar-refractivity contribution in [2.75, 3.05) is 31.1 Å². The molecule has 0 saturated carbocycles. The van der Waals surface area contributed by atoms with E-state index in [-0.39, 0.29) is 43.2 Å². The quantitative estimate of drug-likeness (QED) is 0.228. The van der Waals surface area contributed by atoms with Crippen molar-refractivity contribution in [1.82, 2.24) is 24.6 Å². The second-order valence-electron chi connectivity index (χ2n) is 11.8. The van der Waals surface area contributed by atoms with E-state index >= 15 is 0 Å². The first-order valence-electron chi connectivity index (χ1n) is 15.3. The molecule has 1 atom stereocenters. The van der Waals surface area contributed by atoms with Crippen LogP contribution in [-0.4, -0.2) is 78.9 Å². The molecule has 13 heteroatoms. The van der Waals surface area contributed by atoms with Gasteiger partial charge in [-0.05, 0) is 73.9 Å². The van der Waals surface area contributed by atoms with Gasteiger partial charge in [0, 0.05) is 67.3 Å². The number of benzene rings is 2. The molecule has 3 aromatic rings. The fourth-order valence-corrected chi connectivity index (χ4v) is 6.35. The van der Waals surface area contributed by atoms with Gasteiger partial charge in [0.25, 0.3) is 22.0 Å². The van der Waals surface area contributed by atoms with Crippen LogP contribution in [0.1, 0.15) is 65.2 Å². The van der Waals surface area contributed by atoms with Gasteiger partial charge in [-0.2, -0.15) is 17.4 Å². The molecule has 2 heterocycles. The summed E-state index contributed by atoms with van der Waals surface area (Å²) in [5, 5.41) is 15.0. The average Bonchev–Trinajstić information content (AvgIpc) is 3.05. The molecule has 4 N–H and O–H groups in total. The summed E-state index contributed by atoms with van der Waals surface area (Å²) in [6.07, 6.45) is 1.53. The first-order chi connectivity index (χ1) is 22.3. The molecule has 2 amide bonds. The predicted molar refractivity (Wildman–Crippen MR) is 179 cm³/mol. The van der Waals surface area contributed by atoms with Crippen molar-refractivity contribution in [3.63, 3.8) is 0 Å². The Balaban J connectivity index is 1.31. The minimum absolute atomic E-state index is 0.0182. The highest BCUT2D eigenvalue weighted by atomic mass is 32.2. The van der Waals surface area contributed by atoms with Gasteiger partial charge in [-0.3, -0.25) is 19.4 Å². The summed E-state index contributed by atoms with van der Waals surface area (Å²) in [5.74, 6) is 4.04. The third kappa shape index (κ3) is 9.86. The summed E-state index contributed by atoms with van der Waals surface area (Å²) in [4.78, 5) is 42.8. The lowest BCUT2D eigenvalue weighted by atomic mass is 10.1. The van der Waals surface area contributed by atoms with Crippen LogP contribution in [0.4, 0.5) is 5.69 Å². The number of amides is 2. The minimum atomic E-state index is -3.94. The van der Waals surface area contributed by atoms with Crippen LogP contribution in [0.3, 0.4) is 0 Å². The topological polar surface area (TPSA) is 161 Å². The van der Waals surface area contributed by atoms with Crippen LogP contribution in [-0.2, 0) is 21.5 Å². The summed E-state index contributed by atoms with van der Waals surface area (Å²) in [6.45, 7) is 8.67. The predicted octanol–water partition coefficient (Wildman–Crippen LogP) is 2.62. The fourth-order valence-electron chi connectivity index (χ4n) is 4.87. The van der Waals surface area contributed by atoms with Crippen LogP contribution in [0, 0.1) is 17.8 Å². The third-order valence-corrected chi connectivity index (χ3v) is 9.02. The summed E-state index contributed by atoms with van der Waals surface area (Å²) in [7, 11) is -3.94. The van der Waals surface area contributed by atoms with Gasteiger partial charge in [-0.1, -0.05) is 37.8 Å². The van der Waals surface area contributed by atoms with Gasteiger partial charge in [0.15, 0.2) is 0 Å². The van der Waals surface area contributed by atoms with Crippen molar-refractivity contribution in [1.29, 1.82) is 0 Å². The summed E-state index contributed by atoms with van der Waals surface area (Å²) < 4.78 is 29.1. The molecule has 2 aromatic carbocycles. The first-order valence-corrected chi connectivity index (χ1v) is 16.8. The van der Waals surface area contributed by atoms with E-state index in [1.807, 2.05) is 44.2 Å². The molecular formula is C34H40N6O6S. The van der Waals surface area contributed by atoms with E-state index in [0.717, 1.165) is 16.8 Å². The molecule has 4 rings (SSSR count). The van der Waals surface area contributed by atoms with Gasteiger partial charge in [0.05, 0.1) is 0 Å². The van der Waals surface area contributed by atoms with Crippen molar-refractivity contribution in [3.05, 3.63) is 94.8 Å². The van der Waals surface area contributed by atoms with E-state index in [1.165, 1.54) is 10.5 Å². The van der Waals surface area contributed by atoms with E-state index in [1.54, 1.807) is 44.2 Å². The van der Waals surface area contributed by atoms with Gasteiger partial charge in [0.2, 0.25) is 0 Å². The van der Waals surface area contributed by atoms with E-state index in [9.17, 15) is 27.9 Å². The molecule has 1 saturated heterocycles. The number of carboxylic acid groups (broad SMARTS) is 1.